The second-order valence-corrected chi connectivity index (χ2v) is 7.85. The summed E-state index contributed by atoms with van der Waals surface area (Å²) in [6.07, 6.45) is 6.52. The lowest BCUT2D eigenvalue weighted by Gasteiger charge is -2.34. The fourth-order valence-corrected chi connectivity index (χ4v) is 4.15. The van der Waals surface area contributed by atoms with Crippen LogP contribution in [0, 0.1) is 0 Å². The van der Waals surface area contributed by atoms with Gasteiger partial charge >= 0.3 is 5.91 Å². The van der Waals surface area contributed by atoms with E-state index in [0.717, 1.165) is 49.9 Å². The molecule has 170 valence electrons. The largest absolute Gasteiger partial charge is 0.369 e. The molecule has 0 bridgehead atoms. The van der Waals surface area contributed by atoms with Gasteiger partial charge in [0, 0.05) is 35.5 Å². The summed E-state index contributed by atoms with van der Waals surface area (Å²) in [6, 6.07) is 5.80. The monoisotopic (exact) mass is 488 g/mol. The van der Waals surface area contributed by atoms with Crippen LogP contribution in [0.1, 0.15) is 49.1 Å². The van der Waals surface area contributed by atoms with E-state index in [-0.39, 0.29) is 42.7 Å². The van der Waals surface area contributed by atoms with E-state index in [0.29, 0.717) is 16.4 Å². The van der Waals surface area contributed by atoms with Crippen molar-refractivity contribution in [3.8, 4) is 0 Å². The summed E-state index contributed by atoms with van der Waals surface area (Å²) in [7, 11) is 1.38. The zero-order chi connectivity index (χ0) is 20.2. The van der Waals surface area contributed by atoms with Crippen molar-refractivity contribution >= 4 is 64.9 Å². The standard InChI is InChI=1S/C20H25ClN6O2.2ClH/c1-29-27-20(28)19-24-14-9-8-12(21)11-13(14)18(26-19)25-16-6-3-2-5-15(16)23-17-7-4-10-22-17;;/h8-9,11,15-16H,2-7,10H2,1H3,(H,22,23)(H,27,28)(H,24,25,26);2*1H/t15-,16+;;/m1../s1. The molecule has 1 fully saturated rings. The van der Waals surface area contributed by atoms with E-state index in [2.05, 4.69) is 31.1 Å². The molecule has 8 nitrogen and oxygen atoms in total. The number of hydroxylamine groups is 1. The van der Waals surface area contributed by atoms with E-state index in [1.807, 2.05) is 6.07 Å². The molecule has 2 heterocycles. The molecule has 3 N–H and O–H groups in total. The first-order valence-electron chi connectivity index (χ1n) is 10.0. The van der Waals surface area contributed by atoms with E-state index >= 15 is 0 Å². The molecule has 2 aromatic rings. The lowest BCUT2D eigenvalue weighted by atomic mass is 9.90. The Hall–Kier alpha value is -1.87. The average Bonchev–Trinajstić information content (AvgIpc) is 3.23. The summed E-state index contributed by atoms with van der Waals surface area (Å²) in [6.45, 7) is 0.903. The molecule has 1 aliphatic carbocycles. The second-order valence-electron chi connectivity index (χ2n) is 7.41. The van der Waals surface area contributed by atoms with Gasteiger partial charge in [-0.2, -0.15) is 0 Å². The van der Waals surface area contributed by atoms with Crippen LogP contribution in [0.5, 0.6) is 0 Å². The fraction of sp³-hybridized carbons (Fsp3) is 0.500. The minimum Gasteiger partial charge on any atom is -0.369 e. The number of aliphatic imine (C=N–C) groups is 1. The van der Waals surface area contributed by atoms with Crippen LogP contribution in [-0.4, -0.2) is 47.4 Å². The van der Waals surface area contributed by atoms with Gasteiger partial charge in [-0.1, -0.05) is 24.4 Å². The Balaban J connectivity index is 0.00000171. The molecule has 31 heavy (non-hydrogen) atoms. The normalized spacial score (nSPS) is 20.3. The van der Waals surface area contributed by atoms with Crippen molar-refractivity contribution in [3.05, 3.63) is 29.0 Å². The molecule has 1 saturated carbocycles. The number of amidine groups is 1. The quantitative estimate of drug-likeness (QED) is 0.550. The summed E-state index contributed by atoms with van der Waals surface area (Å²) in [5, 5.41) is 8.57. The number of benzene rings is 1. The van der Waals surface area contributed by atoms with E-state index in [4.69, 9.17) is 16.4 Å². The SMILES string of the molecule is CONC(=O)c1nc(N[C@H]2CCCC[C@H]2NC2=NCCC2)c2cc(Cl)ccc2n1.Cl.Cl. The first-order chi connectivity index (χ1) is 14.1. The van der Waals surface area contributed by atoms with Gasteiger partial charge in [0.15, 0.2) is 0 Å². The molecule has 11 heteroatoms. The number of nitrogens with one attached hydrogen (secondary N) is 3. The summed E-state index contributed by atoms with van der Waals surface area (Å²) < 4.78 is 0. The van der Waals surface area contributed by atoms with Gasteiger partial charge < -0.3 is 10.6 Å². The van der Waals surface area contributed by atoms with Gasteiger partial charge in [-0.3, -0.25) is 14.6 Å². The van der Waals surface area contributed by atoms with Crippen LogP contribution in [0.4, 0.5) is 5.82 Å². The van der Waals surface area contributed by atoms with Crippen LogP contribution in [-0.2, 0) is 4.84 Å². The number of hydrogen-bond donors (Lipinski definition) is 3. The molecule has 0 saturated heterocycles. The van der Waals surface area contributed by atoms with Crippen molar-refractivity contribution in [2.75, 3.05) is 19.0 Å². The molecular formula is C20H27Cl3N6O2. The maximum Gasteiger partial charge on any atom is 0.312 e. The Labute approximate surface area is 198 Å². The van der Waals surface area contributed by atoms with E-state index in [9.17, 15) is 4.79 Å². The van der Waals surface area contributed by atoms with Crippen LogP contribution < -0.4 is 16.1 Å². The molecule has 0 spiro atoms. The van der Waals surface area contributed by atoms with Gasteiger partial charge in [-0.15, -0.1) is 24.8 Å². The fourth-order valence-electron chi connectivity index (χ4n) is 3.97. The van der Waals surface area contributed by atoms with Gasteiger partial charge in [0.25, 0.3) is 0 Å². The Morgan fingerprint density at radius 2 is 1.84 bits per heavy atom. The van der Waals surface area contributed by atoms with Crippen LogP contribution >= 0.6 is 36.4 Å². The highest BCUT2D eigenvalue weighted by atomic mass is 35.5. The number of carbonyl (C=O) groups excluding carboxylic acids is 1. The first-order valence-corrected chi connectivity index (χ1v) is 10.4. The van der Waals surface area contributed by atoms with Crippen LogP contribution in [0.3, 0.4) is 0 Å². The number of aromatic nitrogens is 2. The Morgan fingerprint density at radius 3 is 2.52 bits per heavy atom. The molecule has 2 atom stereocenters. The van der Waals surface area contributed by atoms with Gasteiger partial charge in [-0.25, -0.2) is 15.4 Å². The Kier molecular flexibility index (Phi) is 9.55. The maximum atomic E-state index is 12.3. The molecule has 2 aliphatic rings. The highest BCUT2D eigenvalue weighted by molar-refractivity contribution is 6.31. The highest BCUT2D eigenvalue weighted by Gasteiger charge is 2.28. The maximum absolute atomic E-state index is 12.3. The number of nitrogens with zero attached hydrogens (tertiary/aromatic N) is 3. The zero-order valence-corrected chi connectivity index (χ0v) is 19.6. The summed E-state index contributed by atoms with van der Waals surface area (Å²) in [4.78, 5) is 30.4. The van der Waals surface area contributed by atoms with Crippen LogP contribution in [0.15, 0.2) is 23.2 Å². The van der Waals surface area contributed by atoms with Gasteiger partial charge in [0.05, 0.1) is 18.5 Å². The van der Waals surface area contributed by atoms with Gasteiger partial charge in [0.1, 0.15) is 5.82 Å². The zero-order valence-electron chi connectivity index (χ0n) is 17.2. The number of carbonyl (C=O) groups is 1. The molecule has 1 amide bonds. The van der Waals surface area contributed by atoms with Crippen molar-refractivity contribution in [2.45, 2.75) is 50.6 Å². The molecule has 4 rings (SSSR count). The number of anilines is 1. The molecular weight excluding hydrogens is 463 g/mol. The molecule has 1 aromatic heterocycles. The summed E-state index contributed by atoms with van der Waals surface area (Å²) in [5.41, 5.74) is 2.93. The van der Waals surface area contributed by atoms with Crippen LogP contribution in [0.2, 0.25) is 5.02 Å². The number of halogens is 3. The Bertz CT molecular complexity index is 943. The first kappa shape index (κ1) is 25.4. The van der Waals surface area contributed by atoms with E-state index in [1.165, 1.54) is 13.5 Å². The second kappa shape index (κ2) is 11.7. The van der Waals surface area contributed by atoms with Gasteiger partial charge in [0.2, 0.25) is 5.82 Å². The van der Waals surface area contributed by atoms with E-state index < -0.39 is 5.91 Å². The minimum atomic E-state index is -0.494. The highest BCUT2D eigenvalue weighted by Crippen LogP contribution is 2.28. The van der Waals surface area contributed by atoms with Crippen molar-refractivity contribution in [1.29, 1.82) is 0 Å². The number of fused-ring (bicyclic) bond motifs is 1. The predicted octanol–water partition coefficient (Wildman–Crippen LogP) is 3.92. The smallest absolute Gasteiger partial charge is 0.312 e. The van der Waals surface area contributed by atoms with Crippen molar-refractivity contribution in [1.82, 2.24) is 20.8 Å². The molecule has 0 radical (unpaired) electrons. The summed E-state index contributed by atoms with van der Waals surface area (Å²) >= 11 is 6.22. The lowest BCUT2D eigenvalue weighted by molar-refractivity contribution is 0.0527. The minimum absolute atomic E-state index is 0. The molecule has 1 aromatic carbocycles. The molecule has 1 aliphatic heterocycles. The number of hydrogen-bond acceptors (Lipinski definition) is 7. The summed E-state index contributed by atoms with van der Waals surface area (Å²) in [5.74, 6) is 1.25. The van der Waals surface area contributed by atoms with Crippen molar-refractivity contribution in [3.63, 3.8) is 0 Å². The van der Waals surface area contributed by atoms with Crippen molar-refractivity contribution < 1.29 is 9.63 Å². The third-order valence-electron chi connectivity index (χ3n) is 5.37. The third kappa shape index (κ3) is 6.10. The Morgan fingerprint density at radius 1 is 1.10 bits per heavy atom. The van der Waals surface area contributed by atoms with Gasteiger partial charge in [-0.05, 0) is 37.5 Å². The average molecular weight is 490 g/mol. The number of amides is 1. The lowest BCUT2D eigenvalue weighted by Crippen LogP contribution is -2.48. The van der Waals surface area contributed by atoms with E-state index in [1.54, 1.807) is 12.1 Å². The van der Waals surface area contributed by atoms with Crippen molar-refractivity contribution in [2.24, 2.45) is 4.99 Å². The predicted molar refractivity (Wildman–Crippen MR) is 128 cm³/mol. The third-order valence-corrected chi connectivity index (χ3v) is 5.61. The van der Waals surface area contributed by atoms with Crippen LogP contribution in [0.25, 0.3) is 10.9 Å². The topological polar surface area (TPSA) is 101 Å². The number of rotatable bonds is 5. The molecule has 0 unspecified atom stereocenters.